The minimum atomic E-state index is -0.255. The molecule has 0 unspecified atom stereocenters. The molecule has 0 spiro atoms. The molecule has 3 rings (SSSR count). The van der Waals surface area contributed by atoms with Gasteiger partial charge in [0.1, 0.15) is 0 Å². The number of nitrogens with one attached hydrogen (secondary N) is 1. The van der Waals surface area contributed by atoms with Crippen LogP contribution in [0.4, 0.5) is 0 Å². The van der Waals surface area contributed by atoms with Crippen molar-refractivity contribution < 1.29 is 4.79 Å². The topological polar surface area (TPSA) is 59.8 Å². The van der Waals surface area contributed by atoms with E-state index in [4.69, 9.17) is 0 Å². The van der Waals surface area contributed by atoms with Crippen LogP contribution in [0, 0.1) is 0 Å². The molecule has 7 heteroatoms. The average molecular weight is 459 g/mol. The number of rotatable bonds is 6. The number of thioether (sulfide) groups is 1. The number of benzene rings is 2. The van der Waals surface area contributed by atoms with Crippen LogP contribution in [0.15, 0.2) is 64.2 Å². The molecule has 28 heavy (non-hydrogen) atoms. The maximum absolute atomic E-state index is 12.2. The first-order chi connectivity index (χ1) is 13.3. The van der Waals surface area contributed by atoms with Crippen molar-refractivity contribution in [1.29, 1.82) is 0 Å². The van der Waals surface area contributed by atoms with Crippen molar-refractivity contribution in [3.63, 3.8) is 0 Å². The Bertz CT molecular complexity index is 951. The molecule has 1 amide bonds. The van der Waals surface area contributed by atoms with Gasteiger partial charge in [0, 0.05) is 15.6 Å². The summed E-state index contributed by atoms with van der Waals surface area (Å²) in [5.74, 6) is 1.05. The summed E-state index contributed by atoms with van der Waals surface area (Å²) in [6.45, 7) is 6.54. The van der Waals surface area contributed by atoms with Crippen molar-refractivity contribution in [2.24, 2.45) is 0 Å². The summed E-state index contributed by atoms with van der Waals surface area (Å²) < 4.78 is 3.02. The zero-order valence-corrected chi connectivity index (χ0v) is 18.5. The maximum atomic E-state index is 12.2. The molecule has 5 nitrogen and oxygen atoms in total. The lowest BCUT2D eigenvalue weighted by Gasteiger charge is -2.20. The first kappa shape index (κ1) is 20.6. The van der Waals surface area contributed by atoms with E-state index >= 15 is 0 Å². The van der Waals surface area contributed by atoms with E-state index in [0.29, 0.717) is 12.3 Å². The van der Waals surface area contributed by atoms with Crippen LogP contribution in [0.5, 0.6) is 0 Å². The molecule has 0 saturated carbocycles. The van der Waals surface area contributed by atoms with Gasteiger partial charge in [-0.1, -0.05) is 76.2 Å². The van der Waals surface area contributed by atoms with Gasteiger partial charge < -0.3 is 5.32 Å². The number of nitrogens with zero attached hydrogens (tertiary/aromatic N) is 3. The Hall–Kier alpha value is -2.12. The molecule has 3 aromatic rings. The number of carbonyl (C=O) groups excluding carboxylic acids is 1. The highest BCUT2D eigenvalue weighted by atomic mass is 79.9. The molecule has 1 N–H and O–H groups in total. The van der Waals surface area contributed by atoms with E-state index in [1.807, 2.05) is 63.2 Å². The molecule has 0 fully saturated rings. The van der Waals surface area contributed by atoms with Crippen molar-refractivity contribution in [3.8, 4) is 11.4 Å². The van der Waals surface area contributed by atoms with Crippen LogP contribution in [0.2, 0.25) is 0 Å². The van der Waals surface area contributed by atoms with Gasteiger partial charge in [0.05, 0.1) is 12.3 Å². The predicted octanol–water partition coefficient (Wildman–Crippen LogP) is 4.76. The van der Waals surface area contributed by atoms with Gasteiger partial charge in [-0.2, -0.15) is 0 Å². The minimum absolute atomic E-state index is 0.0193. The van der Waals surface area contributed by atoms with E-state index in [2.05, 4.69) is 48.1 Å². The maximum Gasteiger partial charge on any atom is 0.230 e. The van der Waals surface area contributed by atoms with E-state index < -0.39 is 0 Å². The fourth-order valence-corrected chi connectivity index (χ4v) is 3.93. The minimum Gasteiger partial charge on any atom is -0.351 e. The molecule has 2 aromatic carbocycles. The van der Waals surface area contributed by atoms with E-state index in [1.165, 1.54) is 11.8 Å². The highest BCUT2D eigenvalue weighted by molar-refractivity contribution is 9.10. The monoisotopic (exact) mass is 458 g/mol. The van der Waals surface area contributed by atoms with Crippen molar-refractivity contribution in [2.75, 3.05) is 5.75 Å². The van der Waals surface area contributed by atoms with Crippen molar-refractivity contribution >= 4 is 33.6 Å². The first-order valence-corrected chi connectivity index (χ1v) is 10.8. The van der Waals surface area contributed by atoms with E-state index in [-0.39, 0.29) is 11.4 Å². The Morgan fingerprint density at radius 2 is 1.75 bits per heavy atom. The molecule has 0 aliphatic heterocycles. The molecule has 0 aliphatic rings. The van der Waals surface area contributed by atoms with Crippen LogP contribution in [0.1, 0.15) is 26.3 Å². The van der Waals surface area contributed by atoms with Gasteiger partial charge >= 0.3 is 0 Å². The molecule has 0 saturated heterocycles. The van der Waals surface area contributed by atoms with Crippen LogP contribution in [0.3, 0.4) is 0 Å². The van der Waals surface area contributed by atoms with Gasteiger partial charge in [0.15, 0.2) is 11.0 Å². The number of amides is 1. The zero-order valence-electron chi connectivity index (χ0n) is 16.1. The zero-order chi connectivity index (χ0) is 20.1. The molecule has 0 bridgehead atoms. The van der Waals surface area contributed by atoms with Crippen LogP contribution < -0.4 is 5.32 Å². The number of aromatic nitrogens is 3. The third-order valence-electron chi connectivity index (χ3n) is 3.86. The summed E-state index contributed by atoms with van der Waals surface area (Å²) in [5.41, 5.74) is 1.86. The van der Waals surface area contributed by atoms with E-state index in [0.717, 1.165) is 26.6 Å². The number of carbonyl (C=O) groups is 1. The average Bonchev–Trinajstić information content (AvgIpc) is 3.02. The molecular formula is C21H23BrN4OS. The van der Waals surface area contributed by atoms with Crippen LogP contribution in [-0.2, 0) is 11.3 Å². The van der Waals surface area contributed by atoms with Crippen LogP contribution in [0.25, 0.3) is 11.4 Å². The second kappa shape index (κ2) is 8.92. The normalized spacial score (nSPS) is 11.4. The third-order valence-corrected chi connectivity index (χ3v) is 5.52. The van der Waals surface area contributed by atoms with Gasteiger partial charge in [0.25, 0.3) is 0 Å². The third kappa shape index (κ3) is 5.45. The largest absolute Gasteiger partial charge is 0.351 e. The Kier molecular flexibility index (Phi) is 6.57. The molecule has 1 heterocycles. The predicted molar refractivity (Wildman–Crippen MR) is 117 cm³/mol. The highest BCUT2D eigenvalue weighted by Gasteiger charge is 2.19. The molecule has 0 atom stereocenters. The summed E-state index contributed by atoms with van der Waals surface area (Å²) >= 11 is 5.00. The van der Waals surface area contributed by atoms with Gasteiger partial charge in [-0.05, 0) is 32.4 Å². The molecule has 1 aromatic heterocycles. The summed E-state index contributed by atoms with van der Waals surface area (Å²) in [6, 6.07) is 18.1. The number of halogens is 1. The Labute approximate surface area is 178 Å². The van der Waals surface area contributed by atoms with E-state index in [9.17, 15) is 4.79 Å². The lowest BCUT2D eigenvalue weighted by atomic mass is 10.1. The van der Waals surface area contributed by atoms with Crippen molar-refractivity contribution in [2.45, 2.75) is 38.0 Å². The summed E-state index contributed by atoms with van der Waals surface area (Å²) in [7, 11) is 0. The Balaban J connectivity index is 1.89. The van der Waals surface area contributed by atoms with Crippen LogP contribution >= 0.6 is 27.7 Å². The second-order valence-electron chi connectivity index (χ2n) is 7.44. The first-order valence-electron chi connectivity index (χ1n) is 8.99. The fourth-order valence-electron chi connectivity index (χ4n) is 2.73. The summed E-state index contributed by atoms with van der Waals surface area (Å²) in [5, 5.41) is 12.5. The van der Waals surface area contributed by atoms with Gasteiger partial charge in [0.2, 0.25) is 5.91 Å². The number of hydrogen-bond donors (Lipinski definition) is 1. The smallest absolute Gasteiger partial charge is 0.230 e. The standard InChI is InChI=1S/C21H23BrN4OS/c1-21(2,3)23-18(27)14-28-20-25-24-19(16-11-7-8-12-17(16)22)26(20)13-15-9-5-4-6-10-15/h4-12H,13-14H2,1-3H3,(H,23,27). The van der Waals surface area contributed by atoms with Crippen molar-refractivity contribution in [1.82, 2.24) is 20.1 Å². The molecular weight excluding hydrogens is 436 g/mol. The number of hydrogen-bond acceptors (Lipinski definition) is 4. The lowest BCUT2D eigenvalue weighted by molar-refractivity contribution is -0.119. The van der Waals surface area contributed by atoms with Crippen LogP contribution in [-0.4, -0.2) is 32.0 Å². The summed E-state index contributed by atoms with van der Waals surface area (Å²) in [6.07, 6.45) is 0. The molecule has 146 valence electrons. The van der Waals surface area contributed by atoms with Gasteiger partial charge in [-0.25, -0.2) is 0 Å². The Morgan fingerprint density at radius 1 is 1.07 bits per heavy atom. The summed E-state index contributed by atoms with van der Waals surface area (Å²) in [4.78, 5) is 12.2. The van der Waals surface area contributed by atoms with Gasteiger partial charge in [-0.15, -0.1) is 10.2 Å². The quantitative estimate of drug-likeness (QED) is 0.540. The SMILES string of the molecule is CC(C)(C)NC(=O)CSc1nnc(-c2ccccc2Br)n1Cc1ccccc1. The fraction of sp³-hybridized carbons (Fsp3) is 0.286. The molecule has 0 radical (unpaired) electrons. The second-order valence-corrected chi connectivity index (χ2v) is 9.24. The van der Waals surface area contributed by atoms with Gasteiger partial charge in [-0.3, -0.25) is 9.36 Å². The van der Waals surface area contributed by atoms with Crippen molar-refractivity contribution in [3.05, 3.63) is 64.6 Å². The highest BCUT2D eigenvalue weighted by Crippen LogP contribution is 2.30. The lowest BCUT2D eigenvalue weighted by Crippen LogP contribution is -2.41. The van der Waals surface area contributed by atoms with E-state index in [1.54, 1.807) is 0 Å². The molecule has 0 aliphatic carbocycles. The Morgan fingerprint density at radius 3 is 2.43 bits per heavy atom.